The summed E-state index contributed by atoms with van der Waals surface area (Å²) in [5, 5.41) is 13.1. The number of carbonyl (C=O) groups is 1. The quantitative estimate of drug-likeness (QED) is 0.812. The maximum absolute atomic E-state index is 13.8. The maximum atomic E-state index is 13.8. The van der Waals surface area contributed by atoms with E-state index in [0.717, 1.165) is 0 Å². The molecule has 0 spiro atoms. The topological polar surface area (TPSA) is 108 Å². The molecule has 0 aliphatic carbocycles. The van der Waals surface area contributed by atoms with Gasteiger partial charge in [0, 0.05) is 0 Å². The van der Waals surface area contributed by atoms with Crippen LogP contribution in [0, 0.1) is 5.82 Å². The molecule has 1 atom stereocenters. The number of amides is 1. The number of hydrogen-bond acceptors (Lipinski definition) is 6. The van der Waals surface area contributed by atoms with Gasteiger partial charge in [-0.2, -0.15) is 0 Å². The number of carbonyl (C=O) groups excluding carboxylic acids is 1. The van der Waals surface area contributed by atoms with Crippen LogP contribution < -0.4 is 15.8 Å². The van der Waals surface area contributed by atoms with Gasteiger partial charge in [-0.1, -0.05) is 11.2 Å². The largest absolute Gasteiger partial charge is 0.491 e. The highest BCUT2D eigenvalue weighted by molar-refractivity contribution is 5.76. The predicted molar refractivity (Wildman–Crippen MR) is 76.4 cm³/mol. The molecule has 118 valence electrons. The van der Waals surface area contributed by atoms with Crippen LogP contribution in [-0.4, -0.2) is 32.7 Å². The summed E-state index contributed by atoms with van der Waals surface area (Å²) in [6, 6.07) is 4.19. The van der Waals surface area contributed by atoms with Gasteiger partial charge in [0.1, 0.15) is 6.54 Å². The highest BCUT2D eigenvalue weighted by Crippen LogP contribution is 2.22. The maximum Gasteiger partial charge on any atom is 0.242 e. The van der Waals surface area contributed by atoms with E-state index in [9.17, 15) is 9.18 Å². The van der Waals surface area contributed by atoms with E-state index in [1.54, 1.807) is 19.9 Å². The first-order chi connectivity index (χ1) is 10.5. The van der Waals surface area contributed by atoms with Crippen LogP contribution in [0.25, 0.3) is 0 Å². The number of anilines is 1. The molecule has 1 unspecified atom stereocenters. The summed E-state index contributed by atoms with van der Waals surface area (Å²) in [4.78, 5) is 11.9. The van der Waals surface area contributed by atoms with E-state index in [4.69, 9.17) is 10.5 Å². The van der Waals surface area contributed by atoms with Crippen LogP contribution in [-0.2, 0) is 11.3 Å². The van der Waals surface area contributed by atoms with Crippen LogP contribution in [0.3, 0.4) is 0 Å². The third-order valence-electron chi connectivity index (χ3n) is 2.99. The summed E-state index contributed by atoms with van der Waals surface area (Å²) in [5.41, 5.74) is 6.10. The molecule has 8 nitrogen and oxygen atoms in total. The third kappa shape index (κ3) is 3.68. The van der Waals surface area contributed by atoms with E-state index in [2.05, 4.69) is 20.8 Å². The van der Waals surface area contributed by atoms with Gasteiger partial charge < -0.3 is 15.8 Å². The van der Waals surface area contributed by atoms with Crippen LogP contribution in [0.2, 0.25) is 0 Å². The van der Waals surface area contributed by atoms with Crippen molar-refractivity contribution in [2.45, 2.75) is 26.4 Å². The zero-order valence-electron chi connectivity index (χ0n) is 12.3. The second-order valence-corrected chi connectivity index (χ2v) is 4.61. The zero-order chi connectivity index (χ0) is 16.1. The molecule has 0 fully saturated rings. The van der Waals surface area contributed by atoms with Crippen molar-refractivity contribution in [3.8, 4) is 5.75 Å². The average molecular weight is 308 g/mol. The summed E-state index contributed by atoms with van der Waals surface area (Å²) < 4.78 is 20.1. The van der Waals surface area contributed by atoms with E-state index >= 15 is 0 Å². The SMILES string of the molecule is CCOc1ccc(C(C)NC(=O)Cn2nnnc2N)cc1F. The Labute approximate surface area is 126 Å². The molecule has 2 aromatic rings. The Kier molecular flexibility index (Phi) is 4.87. The second kappa shape index (κ2) is 6.83. The fourth-order valence-electron chi connectivity index (χ4n) is 1.89. The van der Waals surface area contributed by atoms with Crippen molar-refractivity contribution in [1.82, 2.24) is 25.5 Å². The number of nitrogens with zero attached hydrogens (tertiary/aromatic N) is 4. The first-order valence-corrected chi connectivity index (χ1v) is 6.74. The van der Waals surface area contributed by atoms with Crippen molar-refractivity contribution in [2.24, 2.45) is 0 Å². The number of hydrogen-bond donors (Lipinski definition) is 2. The lowest BCUT2D eigenvalue weighted by atomic mass is 10.1. The summed E-state index contributed by atoms with van der Waals surface area (Å²) in [5.74, 6) is -0.563. The minimum atomic E-state index is -0.467. The summed E-state index contributed by atoms with van der Waals surface area (Å²) in [6.45, 7) is 3.80. The average Bonchev–Trinajstić information content (AvgIpc) is 2.86. The molecule has 22 heavy (non-hydrogen) atoms. The fraction of sp³-hybridized carbons (Fsp3) is 0.385. The number of ether oxygens (including phenoxy) is 1. The molecule has 0 aliphatic heterocycles. The van der Waals surface area contributed by atoms with Crippen molar-refractivity contribution >= 4 is 11.9 Å². The van der Waals surface area contributed by atoms with Gasteiger partial charge in [-0.25, -0.2) is 9.07 Å². The number of tetrazole rings is 1. The van der Waals surface area contributed by atoms with E-state index in [1.165, 1.54) is 16.8 Å². The van der Waals surface area contributed by atoms with Gasteiger partial charge in [-0.3, -0.25) is 4.79 Å². The van der Waals surface area contributed by atoms with Crippen LogP contribution in [0.4, 0.5) is 10.3 Å². The minimum Gasteiger partial charge on any atom is -0.491 e. The molecular weight excluding hydrogens is 291 g/mol. The van der Waals surface area contributed by atoms with Crippen LogP contribution in [0.5, 0.6) is 5.75 Å². The van der Waals surface area contributed by atoms with Crippen molar-refractivity contribution in [3.63, 3.8) is 0 Å². The molecule has 3 N–H and O–H groups in total. The van der Waals surface area contributed by atoms with Crippen molar-refractivity contribution in [3.05, 3.63) is 29.6 Å². The number of nitrogens with one attached hydrogen (secondary N) is 1. The number of rotatable bonds is 6. The zero-order valence-corrected chi connectivity index (χ0v) is 12.3. The van der Waals surface area contributed by atoms with Gasteiger partial charge in [-0.05, 0) is 42.0 Å². The van der Waals surface area contributed by atoms with E-state index in [-0.39, 0.29) is 30.2 Å². The lowest BCUT2D eigenvalue weighted by Gasteiger charge is -2.15. The Morgan fingerprint density at radius 2 is 2.32 bits per heavy atom. The van der Waals surface area contributed by atoms with Crippen molar-refractivity contribution in [2.75, 3.05) is 12.3 Å². The molecule has 2 rings (SSSR count). The van der Waals surface area contributed by atoms with Crippen LogP contribution in [0.15, 0.2) is 18.2 Å². The molecule has 0 radical (unpaired) electrons. The fourth-order valence-corrected chi connectivity index (χ4v) is 1.89. The number of benzene rings is 1. The Bertz CT molecular complexity index is 660. The molecule has 1 amide bonds. The number of halogens is 1. The Hall–Kier alpha value is -2.71. The monoisotopic (exact) mass is 308 g/mol. The first-order valence-electron chi connectivity index (χ1n) is 6.74. The predicted octanol–water partition coefficient (Wildman–Crippen LogP) is 0.670. The first kappa shape index (κ1) is 15.7. The molecule has 9 heteroatoms. The highest BCUT2D eigenvalue weighted by atomic mass is 19.1. The number of aromatic nitrogens is 4. The summed E-state index contributed by atoms with van der Waals surface area (Å²) in [6.07, 6.45) is 0. The Morgan fingerprint density at radius 3 is 2.91 bits per heavy atom. The van der Waals surface area contributed by atoms with Gasteiger partial charge in [0.2, 0.25) is 11.9 Å². The van der Waals surface area contributed by atoms with Gasteiger partial charge in [0.25, 0.3) is 0 Å². The van der Waals surface area contributed by atoms with Crippen LogP contribution in [0.1, 0.15) is 25.5 Å². The summed E-state index contributed by atoms with van der Waals surface area (Å²) in [7, 11) is 0. The normalized spacial score (nSPS) is 12.0. The molecule has 0 aliphatic rings. The molecule has 1 aromatic carbocycles. The highest BCUT2D eigenvalue weighted by Gasteiger charge is 2.14. The Morgan fingerprint density at radius 1 is 1.55 bits per heavy atom. The van der Waals surface area contributed by atoms with Gasteiger partial charge >= 0.3 is 0 Å². The van der Waals surface area contributed by atoms with E-state index < -0.39 is 5.82 Å². The lowest BCUT2D eigenvalue weighted by Crippen LogP contribution is -2.31. The smallest absolute Gasteiger partial charge is 0.242 e. The molecular formula is C13H17FN6O2. The van der Waals surface area contributed by atoms with Crippen molar-refractivity contribution < 1.29 is 13.9 Å². The molecule has 0 bridgehead atoms. The summed E-state index contributed by atoms with van der Waals surface area (Å²) >= 11 is 0. The van der Waals surface area contributed by atoms with Crippen molar-refractivity contribution in [1.29, 1.82) is 0 Å². The minimum absolute atomic E-state index is 0.0508. The van der Waals surface area contributed by atoms with Crippen LogP contribution >= 0.6 is 0 Å². The Balaban J connectivity index is 1.99. The third-order valence-corrected chi connectivity index (χ3v) is 2.99. The van der Waals surface area contributed by atoms with Gasteiger partial charge in [-0.15, -0.1) is 0 Å². The second-order valence-electron chi connectivity index (χ2n) is 4.61. The van der Waals surface area contributed by atoms with Gasteiger partial charge in [0.05, 0.1) is 12.6 Å². The molecule has 1 heterocycles. The number of nitrogen functional groups attached to an aromatic ring is 1. The molecule has 0 saturated heterocycles. The molecule has 0 saturated carbocycles. The standard InChI is InChI=1S/C13H17FN6O2/c1-3-22-11-5-4-9(6-10(11)14)8(2)16-12(21)7-20-13(15)17-18-19-20/h4-6,8H,3,7H2,1-2H3,(H,16,21)(H2,15,17,19). The van der Waals surface area contributed by atoms with E-state index in [1.807, 2.05) is 0 Å². The van der Waals surface area contributed by atoms with E-state index in [0.29, 0.717) is 12.2 Å². The molecule has 1 aromatic heterocycles. The number of nitrogens with two attached hydrogens (primary N) is 1. The van der Waals surface area contributed by atoms with Gasteiger partial charge in [0.15, 0.2) is 11.6 Å². The lowest BCUT2D eigenvalue weighted by molar-refractivity contribution is -0.122.